The summed E-state index contributed by atoms with van der Waals surface area (Å²) >= 11 is 0. The summed E-state index contributed by atoms with van der Waals surface area (Å²) in [6, 6.07) is 8.96. The van der Waals surface area contributed by atoms with Crippen molar-refractivity contribution >= 4 is 23.8 Å². The molecule has 1 aromatic carbocycles. The summed E-state index contributed by atoms with van der Waals surface area (Å²) in [5.41, 5.74) is -0.172. The lowest BCUT2D eigenvalue weighted by molar-refractivity contribution is -0.130. The van der Waals surface area contributed by atoms with Gasteiger partial charge in [0.1, 0.15) is 6.29 Å². The maximum atomic E-state index is 12.8. The van der Waals surface area contributed by atoms with Crippen molar-refractivity contribution in [2.24, 2.45) is 11.3 Å². The summed E-state index contributed by atoms with van der Waals surface area (Å²) in [6.07, 6.45) is 8.50. The second-order valence-electron chi connectivity index (χ2n) is 7.30. The van der Waals surface area contributed by atoms with Crippen LogP contribution in [0.5, 0.6) is 0 Å². The van der Waals surface area contributed by atoms with Crippen molar-refractivity contribution in [3.8, 4) is 0 Å². The van der Waals surface area contributed by atoms with Gasteiger partial charge >= 0.3 is 0 Å². The zero-order valence-electron chi connectivity index (χ0n) is 15.4. The minimum absolute atomic E-state index is 0.124. The zero-order chi connectivity index (χ0) is 18.3. The number of carbonyl (C=O) groups is 3. The molecule has 4 heteroatoms. The van der Waals surface area contributed by atoms with Gasteiger partial charge in [-0.05, 0) is 18.6 Å². The first kappa shape index (κ1) is 19.4. The molecule has 0 radical (unpaired) electrons. The molecular weight excluding hydrogens is 314 g/mol. The molecule has 2 amide bonds. The fourth-order valence-electron chi connectivity index (χ4n) is 3.60. The summed E-state index contributed by atoms with van der Waals surface area (Å²) in [6.45, 7) is 4.01. The van der Waals surface area contributed by atoms with Gasteiger partial charge in [0.15, 0.2) is 0 Å². The standard InChI is InChI=1S/C21H29NO3/c1-3-4-5-6-7-11-14-21(2,16-23)18-15-19(24)22(20(18)25)17-12-9-8-10-13-17/h8-10,12-13,16,18H,3-7,11,14-15H2,1-2H3/t18-,21?/m0/s1. The molecule has 0 N–H and O–H groups in total. The summed E-state index contributed by atoms with van der Waals surface area (Å²) in [5.74, 6) is -0.998. The van der Waals surface area contributed by atoms with E-state index in [4.69, 9.17) is 0 Å². The molecule has 0 bridgehead atoms. The quantitative estimate of drug-likeness (QED) is 0.356. The smallest absolute Gasteiger partial charge is 0.238 e. The average Bonchev–Trinajstić information content (AvgIpc) is 2.93. The molecule has 0 saturated carbocycles. The van der Waals surface area contributed by atoms with E-state index in [1.54, 1.807) is 24.3 Å². The van der Waals surface area contributed by atoms with Crippen molar-refractivity contribution in [3.63, 3.8) is 0 Å². The van der Waals surface area contributed by atoms with E-state index in [1.807, 2.05) is 13.0 Å². The fraction of sp³-hybridized carbons (Fsp3) is 0.571. The first-order valence-electron chi connectivity index (χ1n) is 9.41. The van der Waals surface area contributed by atoms with Gasteiger partial charge in [-0.3, -0.25) is 14.5 Å². The first-order valence-corrected chi connectivity index (χ1v) is 9.41. The van der Waals surface area contributed by atoms with Crippen molar-refractivity contribution in [2.75, 3.05) is 4.90 Å². The van der Waals surface area contributed by atoms with E-state index < -0.39 is 11.3 Å². The van der Waals surface area contributed by atoms with Crippen molar-refractivity contribution in [2.45, 2.75) is 65.2 Å². The Bertz CT molecular complexity index is 598. The maximum Gasteiger partial charge on any atom is 0.238 e. The number of amides is 2. The average molecular weight is 343 g/mol. The molecule has 25 heavy (non-hydrogen) atoms. The van der Waals surface area contributed by atoms with Crippen molar-refractivity contribution in [1.29, 1.82) is 0 Å². The van der Waals surface area contributed by atoms with Gasteiger partial charge in [0.2, 0.25) is 11.8 Å². The second-order valence-corrected chi connectivity index (χ2v) is 7.30. The normalized spacial score (nSPS) is 19.9. The highest BCUT2D eigenvalue weighted by molar-refractivity contribution is 6.21. The minimum atomic E-state index is -0.763. The third-order valence-electron chi connectivity index (χ3n) is 5.30. The van der Waals surface area contributed by atoms with Crippen LogP contribution in [0.25, 0.3) is 0 Å². The van der Waals surface area contributed by atoms with E-state index in [0.717, 1.165) is 25.5 Å². The van der Waals surface area contributed by atoms with Crippen LogP contribution in [0.4, 0.5) is 5.69 Å². The molecule has 4 nitrogen and oxygen atoms in total. The maximum absolute atomic E-state index is 12.8. The number of aldehydes is 1. The number of carbonyl (C=O) groups excluding carboxylic acids is 3. The van der Waals surface area contributed by atoms with Crippen LogP contribution in [-0.2, 0) is 14.4 Å². The number of rotatable bonds is 10. The Hall–Kier alpha value is -1.97. The lowest BCUT2D eigenvalue weighted by Gasteiger charge is -2.28. The molecule has 136 valence electrons. The minimum Gasteiger partial charge on any atom is -0.303 e. The summed E-state index contributed by atoms with van der Waals surface area (Å²) < 4.78 is 0. The van der Waals surface area contributed by atoms with Crippen LogP contribution in [0, 0.1) is 11.3 Å². The molecule has 0 spiro atoms. The SMILES string of the molecule is CCCCCCCCC(C)(C=O)[C@H]1CC(=O)N(c2ccccc2)C1=O. The number of benzene rings is 1. The number of hydrogen-bond donors (Lipinski definition) is 0. The second kappa shape index (κ2) is 8.93. The summed E-state index contributed by atoms with van der Waals surface area (Å²) in [4.78, 5) is 38.3. The van der Waals surface area contributed by atoms with E-state index in [0.29, 0.717) is 12.1 Å². The molecule has 0 aliphatic carbocycles. The first-order chi connectivity index (χ1) is 12.0. The molecule has 1 aliphatic rings. The van der Waals surface area contributed by atoms with Gasteiger partial charge in [0, 0.05) is 11.8 Å². The van der Waals surface area contributed by atoms with Crippen LogP contribution in [0.1, 0.15) is 65.2 Å². The Kier molecular flexibility index (Phi) is 6.91. The number of para-hydroxylation sites is 1. The molecule has 1 aromatic rings. The van der Waals surface area contributed by atoms with Crippen LogP contribution in [0.2, 0.25) is 0 Å². The molecule has 2 atom stereocenters. The van der Waals surface area contributed by atoms with Crippen LogP contribution in [0.3, 0.4) is 0 Å². The number of nitrogens with zero attached hydrogens (tertiary/aromatic N) is 1. The van der Waals surface area contributed by atoms with Crippen LogP contribution < -0.4 is 4.90 Å². The van der Waals surface area contributed by atoms with E-state index in [9.17, 15) is 14.4 Å². The molecule has 1 heterocycles. The third-order valence-corrected chi connectivity index (χ3v) is 5.30. The van der Waals surface area contributed by atoms with Gasteiger partial charge in [0.05, 0.1) is 11.6 Å². The van der Waals surface area contributed by atoms with Gasteiger partial charge in [-0.1, -0.05) is 70.6 Å². The largest absolute Gasteiger partial charge is 0.303 e. The molecule has 1 unspecified atom stereocenters. The van der Waals surface area contributed by atoms with E-state index in [1.165, 1.54) is 24.2 Å². The Morgan fingerprint density at radius 1 is 1.08 bits per heavy atom. The fourth-order valence-corrected chi connectivity index (χ4v) is 3.60. The predicted octanol–water partition coefficient (Wildman–Crippen LogP) is 4.52. The van der Waals surface area contributed by atoms with E-state index in [2.05, 4.69) is 6.92 Å². The van der Waals surface area contributed by atoms with E-state index in [-0.39, 0.29) is 18.2 Å². The van der Waals surface area contributed by atoms with Crippen LogP contribution in [0.15, 0.2) is 30.3 Å². The summed E-state index contributed by atoms with van der Waals surface area (Å²) in [5, 5.41) is 0. The highest BCUT2D eigenvalue weighted by Crippen LogP contribution is 2.40. The van der Waals surface area contributed by atoms with E-state index >= 15 is 0 Å². The molecule has 1 aliphatic heterocycles. The van der Waals surface area contributed by atoms with Gasteiger partial charge in [-0.15, -0.1) is 0 Å². The molecular formula is C21H29NO3. The van der Waals surface area contributed by atoms with Crippen molar-refractivity contribution < 1.29 is 14.4 Å². The van der Waals surface area contributed by atoms with Crippen LogP contribution in [-0.4, -0.2) is 18.1 Å². The Labute approximate surface area is 150 Å². The Balaban J connectivity index is 2.01. The molecule has 2 rings (SSSR count). The van der Waals surface area contributed by atoms with Gasteiger partial charge in [0.25, 0.3) is 0 Å². The Morgan fingerprint density at radius 2 is 1.72 bits per heavy atom. The Morgan fingerprint density at radius 3 is 2.36 bits per heavy atom. The third kappa shape index (κ3) is 4.56. The lowest BCUT2D eigenvalue weighted by Crippen LogP contribution is -2.37. The lowest BCUT2D eigenvalue weighted by atomic mass is 9.73. The highest BCUT2D eigenvalue weighted by atomic mass is 16.2. The van der Waals surface area contributed by atoms with Gasteiger partial charge in [-0.2, -0.15) is 0 Å². The summed E-state index contributed by atoms with van der Waals surface area (Å²) in [7, 11) is 0. The monoisotopic (exact) mass is 343 g/mol. The topological polar surface area (TPSA) is 54.5 Å². The highest BCUT2D eigenvalue weighted by Gasteiger charge is 2.49. The molecule has 0 aromatic heterocycles. The van der Waals surface area contributed by atoms with Gasteiger partial charge in [-0.25, -0.2) is 0 Å². The molecule has 1 fully saturated rings. The van der Waals surface area contributed by atoms with Crippen LogP contribution >= 0.6 is 0 Å². The molecule has 1 saturated heterocycles. The predicted molar refractivity (Wildman–Crippen MR) is 99.2 cm³/mol. The number of imide groups is 1. The van der Waals surface area contributed by atoms with Crippen molar-refractivity contribution in [3.05, 3.63) is 30.3 Å². The number of anilines is 1. The van der Waals surface area contributed by atoms with Gasteiger partial charge < -0.3 is 4.79 Å². The number of unbranched alkanes of at least 4 members (excludes halogenated alkanes) is 5. The zero-order valence-corrected chi connectivity index (χ0v) is 15.4. The number of hydrogen-bond acceptors (Lipinski definition) is 3. The van der Waals surface area contributed by atoms with Crippen molar-refractivity contribution in [1.82, 2.24) is 0 Å².